The maximum atomic E-state index is 11.9. The zero-order chi connectivity index (χ0) is 18.2. The number of hydrazone groups is 1. The first-order chi connectivity index (χ1) is 12.0. The molecular weight excluding hydrogens is 326 g/mol. The van der Waals surface area contributed by atoms with Crippen LogP contribution < -0.4 is 10.7 Å². The highest BCUT2D eigenvalue weighted by Crippen LogP contribution is 2.12. The number of carbonyl (C=O) groups is 2. The van der Waals surface area contributed by atoms with Gasteiger partial charge in [-0.1, -0.05) is 12.1 Å². The molecule has 9 heteroatoms. The Morgan fingerprint density at radius 2 is 2.04 bits per heavy atom. The second-order valence-corrected chi connectivity index (χ2v) is 5.04. The molecule has 1 heterocycles. The molecule has 0 radical (unpaired) electrons. The second-order valence-electron chi connectivity index (χ2n) is 5.04. The fourth-order valence-corrected chi connectivity index (χ4v) is 1.87. The summed E-state index contributed by atoms with van der Waals surface area (Å²) in [6.45, 7) is 1.58. The Bertz CT molecular complexity index is 820. The van der Waals surface area contributed by atoms with Crippen LogP contribution in [0.4, 0.5) is 11.5 Å². The molecule has 0 unspecified atom stereocenters. The number of nitrogens with one attached hydrogen (secondary N) is 2. The highest BCUT2D eigenvalue weighted by atomic mass is 16.6. The number of nitro benzene ring substituents is 1. The maximum absolute atomic E-state index is 11.9. The molecule has 1 aromatic heterocycles. The van der Waals surface area contributed by atoms with Gasteiger partial charge < -0.3 is 5.32 Å². The summed E-state index contributed by atoms with van der Waals surface area (Å²) in [5, 5.41) is 17.1. The third kappa shape index (κ3) is 5.50. The van der Waals surface area contributed by atoms with Crippen LogP contribution in [0.5, 0.6) is 0 Å². The van der Waals surface area contributed by atoms with E-state index in [1.165, 1.54) is 18.2 Å². The van der Waals surface area contributed by atoms with Gasteiger partial charge in [0.05, 0.1) is 11.3 Å². The molecule has 9 nitrogen and oxygen atoms in total. The molecule has 0 atom stereocenters. The minimum atomic E-state index is -0.604. The summed E-state index contributed by atoms with van der Waals surface area (Å²) in [7, 11) is 0. The molecular formula is C16H15N5O4. The standard InChI is InChI=1S/C16H15N5O4/c1-11(9-15(22)18-14-7-2-3-8-17-14)19-20-16(23)12-5-4-6-13(10-12)21(24)25/h2-8,10H,9H2,1H3,(H,20,23)(H,17,18,22)/b19-11+. The van der Waals surface area contributed by atoms with Gasteiger partial charge in [-0.15, -0.1) is 0 Å². The van der Waals surface area contributed by atoms with Gasteiger partial charge in [0.15, 0.2) is 0 Å². The number of benzene rings is 1. The van der Waals surface area contributed by atoms with E-state index in [9.17, 15) is 19.7 Å². The van der Waals surface area contributed by atoms with Gasteiger partial charge in [0.25, 0.3) is 11.6 Å². The summed E-state index contributed by atoms with van der Waals surface area (Å²) >= 11 is 0. The number of non-ortho nitro benzene ring substituents is 1. The van der Waals surface area contributed by atoms with Gasteiger partial charge in [-0.2, -0.15) is 5.10 Å². The number of rotatable bonds is 6. The molecule has 0 aliphatic carbocycles. The maximum Gasteiger partial charge on any atom is 0.271 e. The van der Waals surface area contributed by atoms with Gasteiger partial charge in [0, 0.05) is 29.6 Å². The van der Waals surface area contributed by atoms with Crippen molar-refractivity contribution in [2.24, 2.45) is 5.10 Å². The smallest absolute Gasteiger partial charge is 0.271 e. The molecule has 0 saturated heterocycles. The van der Waals surface area contributed by atoms with Gasteiger partial charge in [0.2, 0.25) is 5.91 Å². The molecule has 0 aliphatic heterocycles. The SMILES string of the molecule is C/C(CC(=O)Nc1ccccn1)=N\NC(=O)c1cccc([N+](=O)[O-])c1. The number of nitrogens with zero attached hydrogens (tertiary/aromatic N) is 3. The zero-order valence-corrected chi connectivity index (χ0v) is 13.3. The van der Waals surface area contributed by atoms with Crippen LogP contribution >= 0.6 is 0 Å². The van der Waals surface area contributed by atoms with E-state index in [1.807, 2.05) is 0 Å². The summed E-state index contributed by atoms with van der Waals surface area (Å²) in [5.41, 5.74) is 2.54. The van der Waals surface area contributed by atoms with Crippen molar-refractivity contribution < 1.29 is 14.5 Å². The number of nitro groups is 1. The average molecular weight is 341 g/mol. The molecule has 2 amide bonds. The number of carbonyl (C=O) groups excluding carboxylic acids is 2. The average Bonchev–Trinajstić information content (AvgIpc) is 2.60. The van der Waals surface area contributed by atoms with Crippen molar-refractivity contribution in [3.63, 3.8) is 0 Å². The lowest BCUT2D eigenvalue weighted by Gasteiger charge is -2.04. The molecule has 0 saturated carbocycles. The lowest BCUT2D eigenvalue weighted by molar-refractivity contribution is -0.384. The second kappa shape index (κ2) is 8.29. The van der Waals surface area contributed by atoms with E-state index < -0.39 is 10.8 Å². The first-order valence-electron chi connectivity index (χ1n) is 7.24. The van der Waals surface area contributed by atoms with E-state index in [0.717, 1.165) is 6.07 Å². The topological polar surface area (TPSA) is 127 Å². The third-order valence-corrected chi connectivity index (χ3v) is 3.02. The number of hydrogen-bond acceptors (Lipinski definition) is 6. The highest BCUT2D eigenvalue weighted by Gasteiger charge is 2.11. The molecule has 0 bridgehead atoms. The normalized spacial score (nSPS) is 10.8. The lowest BCUT2D eigenvalue weighted by Crippen LogP contribution is -2.21. The van der Waals surface area contributed by atoms with E-state index in [1.54, 1.807) is 31.3 Å². The van der Waals surface area contributed by atoms with Crippen LogP contribution in [0, 0.1) is 10.1 Å². The van der Waals surface area contributed by atoms with E-state index >= 15 is 0 Å². The van der Waals surface area contributed by atoms with Crippen molar-refractivity contribution in [1.82, 2.24) is 10.4 Å². The Hall–Kier alpha value is -3.62. The number of hydrogen-bond donors (Lipinski definition) is 2. The Morgan fingerprint density at radius 1 is 1.24 bits per heavy atom. The Labute approximate surface area is 142 Å². The monoisotopic (exact) mass is 341 g/mol. The van der Waals surface area contributed by atoms with Crippen LogP contribution in [0.2, 0.25) is 0 Å². The van der Waals surface area contributed by atoms with Gasteiger partial charge >= 0.3 is 0 Å². The Morgan fingerprint density at radius 3 is 2.72 bits per heavy atom. The quantitative estimate of drug-likeness (QED) is 0.473. The zero-order valence-electron chi connectivity index (χ0n) is 13.3. The molecule has 2 rings (SSSR count). The van der Waals surface area contributed by atoms with E-state index in [2.05, 4.69) is 20.8 Å². The van der Waals surface area contributed by atoms with Crippen LogP contribution in [0.3, 0.4) is 0 Å². The molecule has 0 spiro atoms. The van der Waals surface area contributed by atoms with E-state index in [-0.39, 0.29) is 23.6 Å². The predicted octanol–water partition coefficient (Wildman–Crippen LogP) is 2.12. The first-order valence-corrected chi connectivity index (χ1v) is 7.24. The van der Waals surface area contributed by atoms with Crippen molar-refractivity contribution in [3.05, 3.63) is 64.3 Å². The Balaban J connectivity index is 1.92. The summed E-state index contributed by atoms with van der Waals surface area (Å²) in [4.78, 5) is 37.9. The van der Waals surface area contributed by atoms with Crippen molar-refractivity contribution in [1.29, 1.82) is 0 Å². The molecule has 128 valence electrons. The number of aromatic nitrogens is 1. The van der Waals surface area contributed by atoms with E-state index in [4.69, 9.17) is 0 Å². The van der Waals surface area contributed by atoms with Crippen LogP contribution in [0.25, 0.3) is 0 Å². The molecule has 1 aromatic carbocycles. The number of anilines is 1. The lowest BCUT2D eigenvalue weighted by atomic mass is 10.2. The largest absolute Gasteiger partial charge is 0.310 e. The molecule has 0 fully saturated rings. The minimum Gasteiger partial charge on any atom is -0.310 e. The van der Waals surface area contributed by atoms with Crippen molar-refractivity contribution >= 4 is 29.0 Å². The number of pyridine rings is 1. The van der Waals surface area contributed by atoms with E-state index in [0.29, 0.717) is 11.5 Å². The van der Waals surface area contributed by atoms with Crippen LogP contribution in [0.1, 0.15) is 23.7 Å². The van der Waals surface area contributed by atoms with Gasteiger partial charge in [0.1, 0.15) is 5.82 Å². The third-order valence-electron chi connectivity index (χ3n) is 3.02. The molecule has 2 aromatic rings. The van der Waals surface area contributed by atoms with Gasteiger partial charge in [-0.25, -0.2) is 10.4 Å². The predicted molar refractivity (Wildman–Crippen MR) is 91.2 cm³/mol. The minimum absolute atomic E-state index is 0.0359. The Kier molecular flexibility index (Phi) is 5.88. The summed E-state index contributed by atoms with van der Waals surface area (Å²) in [6.07, 6.45) is 1.52. The molecule has 25 heavy (non-hydrogen) atoms. The van der Waals surface area contributed by atoms with Crippen molar-refractivity contribution in [3.8, 4) is 0 Å². The first kappa shape index (κ1) is 17.7. The molecule has 0 aliphatic rings. The summed E-state index contributed by atoms with van der Waals surface area (Å²) in [5.74, 6) is -0.515. The fraction of sp³-hybridized carbons (Fsp3) is 0.125. The van der Waals surface area contributed by atoms with Crippen LogP contribution in [-0.2, 0) is 4.79 Å². The van der Waals surface area contributed by atoms with Crippen LogP contribution in [0.15, 0.2) is 53.8 Å². The summed E-state index contributed by atoms with van der Waals surface area (Å²) < 4.78 is 0. The fourth-order valence-electron chi connectivity index (χ4n) is 1.87. The van der Waals surface area contributed by atoms with Gasteiger partial charge in [-0.3, -0.25) is 19.7 Å². The van der Waals surface area contributed by atoms with Gasteiger partial charge in [-0.05, 0) is 25.1 Å². The van der Waals surface area contributed by atoms with Crippen molar-refractivity contribution in [2.75, 3.05) is 5.32 Å². The highest BCUT2D eigenvalue weighted by molar-refractivity contribution is 6.05. The molecule has 2 N–H and O–H groups in total. The summed E-state index contributed by atoms with van der Waals surface area (Å²) in [6, 6.07) is 10.4. The van der Waals surface area contributed by atoms with Crippen LogP contribution in [-0.4, -0.2) is 27.4 Å². The number of amides is 2. The van der Waals surface area contributed by atoms with Crippen molar-refractivity contribution in [2.45, 2.75) is 13.3 Å².